The third-order valence-corrected chi connectivity index (χ3v) is 13.3. The maximum Gasteiger partial charge on any atom is 0.302 e. The van der Waals surface area contributed by atoms with Crippen molar-refractivity contribution in [2.45, 2.75) is 119 Å². The Morgan fingerprint density at radius 1 is 0.818 bits per heavy atom. The van der Waals surface area contributed by atoms with E-state index in [1.165, 1.54) is 51.2 Å². The van der Waals surface area contributed by atoms with Crippen molar-refractivity contribution in [3.05, 3.63) is 0 Å². The van der Waals surface area contributed by atoms with Gasteiger partial charge >= 0.3 is 5.97 Å². The van der Waals surface area contributed by atoms with E-state index in [9.17, 15) is 9.59 Å². The van der Waals surface area contributed by atoms with Crippen molar-refractivity contribution in [3.63, 3.8) is 0 Å². The van der Waals surface area contributed by atoms with E-state index < -0.39 is 0 Å². The van der Waals surface area contributed by atoms with Crippen molar-refractivity contribution in [1.82, 2.24) is 0 Å². The summed E-state index contributed by atoms with van der Waals surface area (Å²) in [5.74, 6) is 3.17. The van der Waals surface area contributed by atoms with Gasteiger partial charge in [0, 0.05) is 17.8 Å². The van der Waals surface area contributed by atoms with Gasteiger partial charge in [0.25, 0.3) is 0 Å². The summed E-state index contributed by atoms with van der Waals surface area (Å²) < 4.78 is 5.88. The zero-order valence-electron chi connectivity index (χ0n) is 22.3. The Hall–Kier alpha value is -0.860. The highest BCUT2D eigenvalue weighted by atomic mass is 16.5. The first-order chi connectivity index (χ1) is 15.4. The van der Waals surface area contributed by atoms with Gasteiger partial charge in [0.15, 0.2) is 0 Å². The number of hydrogen-bond donors (Lipinski definition) is 0. The van der Waals surface area contributed by atoms with Gasteiger partial charge in [-0.3, -0.25) is 4.79 Å². The maximum atomic E-state index is 12.4. The Kier molecular flexibility index (Phi) is 5.30. The summed E-state index contributed by atoms with van der Waals surface area (Å²) in [4.78, 5) is 24.3. The molecule has 9 unspecified atom stereocenters. The number of carbonyl (C=O) groups excluding carboxylic acids is 2. The highest BCUT2D eigenvalue weighted by Gasteiger charge is 2.70. The Bertz CT molecular complexity index is 832. The summed E-state index contributed by atoms with van der Waals surface area (Å²) in [5.41, 5.74) is 0.968. The molecule has 186 valence electrons. The topological polar surface area (TPSA) is 43.4 Å². The Morgan fingerprint density at radius 3 is 2.21 bits per heavy atom. The van der Waals surface area contributed by atoms with E-state index in [1.807, 2.05) is 0 Å². The predicted octanol–water partition coefficient (Wildman–Crippen LogP) is 7.22. The van der Waals surface area contributed by atoms with Gasteiger partial charge in [-0.05, 0) is 110 Å². The van der Waals surface area contributed by atoms with Crippen LogP contribution in [-0.4, -0.2) is 18.4 Å². The van der Waals surface area contributed by atoms with Gasteiger partial charge in [-0.25, -0.2) is 0 Å². The molecule has 0 aromatic carbocycles. The Labute approximate surface area is 202 Å². The quantitative estimate of drug-likeness (QED) is 0.325. The molecule has 0 aliphatic heterocycles. The van der Waals surface area contributed by atoms with Crippen LogP contribution >= 0.6 is 0 Å². The molecule has 33 heavy (non-hydrogen) atoms. The summed E-state index contributed by atoms with van der Waals surface area (Å²) in [7, 11) is 0. The van der Waals surface area contributed by atoms with Crippen LogP contribution in [-0.2, 0) is 14.3 Å². The molecule has 5 aliphatic carbocycles. The molecule has 3 heteroatoms. The summed E-state index contributed by atoms with van der Waals surface area (Å²) in [6.45, 7) is 16.7. The molecule has 0 radical (unpaired) electrons. The summed E-state index contributed by atoms with van der Waals surface area (Å²) >= 11 is 0. The molecule has 5 fully saturated rings. The molecule has 0 aromatic rings. The van der Waals surface area contributed by atoms with E-state index in [4.69, 9.17) is 4.74 Å². The van der Waals surface area contributed by atoms with E-state index in [0.717, 1.165) is 25.2 Å². The fraction of sp³-hybridized carbons (Fsp3) is 0.933. The highest BCUT2D eigenvalue weighted by molar-refractivity contribution is 5.66. The Balaban J connectivity index is 1.50. The number of esters is 1. The van der Waals surface area contributed by atoms with E-state index in [0.29, 0.717) is 39.9 Å². The molecule has 10 atom stereocenters. The molecule has 0 bridgehead atoms. The van der Waals surface area contributed by atoms with Crippen LogP contribution in [0.4, 0.5) is 0 Å². The van der Waals surface area contributed by atoms with E-state index in [1.54, 1.807) is 6.92 Å². The van der Waals surface area contributed by atoms with Crippen LogP contribution in [0.3, 0.4) is 0 Å². The molecule has 0 N–H and O–H groups in total. The van der Waals surface area contributed by atoms with Crippen LogP contribution in [0.15, 0.2) is 0 Å². The second-order valence-electron chi connectivity index (χ2n) is 14.5. The van der Waals surface area contributed by atoms with E-state index in [2.05, 4.69) is 41.5 Å². The molecule has 5 aliphatic rings. The highest BCUT2D eigenvalue weighted by Crippen LogP contribution is 2.77. The van der Waals surface area contributed by atoms with E-state index in [-0.39, 0.29) is 22.9 Å². The van der Waals surface area contributed by atoms with Gasteiger partial charge in [0.05, 0.1) is 0 Å². The smallest absolute Gasteiger partial charge is 0.302 e. The van der Waals surface area contributed by atoms with Crippen molar-refractivity contribution < 1.29 is 14.3 Å². The van der Waals surface area contributed by atoms with Crippen molar-refractivity contribution in [2.24, 2.45) is 56.7 Å². The molecule has 5 rings (SSSR count). The standard InChI is InChI=1S/C30H48O3/c1-19-10-15-30(18-31)17-16-28(6)21(25(19)30)8-9-23-27(5)13-12-24(33-20(2)32)26(3,4)22(27)11-14-29(23,28)7/h18-19,21-25H,8-17H2,1-7H3/t19?,21?,22?,23?,24?,25?,27?,28-,29?,30?/m1/s1. The number of fused-ring (bicyclic) bond motifs is 7. The minimum Gasteiger partial charge on any atom is -0.462 e. The molecule has 0 aromatic heterocycles. The third-order valence-electron chi connectivity index (χ3n) is 13.3. The first-order valence-electron chi connectivity index (χ1n) is 14.0. The van der Waals surface area contributed by atoms with Crippen molar-refractivity contribution in [1.29, 1.82) is 0 Å². The molecule has 3 nitrogen and oxygen atoms in total. The predicted molar refractivity (Wildman–Crippen MR) is 131 cm³/mol. The van der Waals surface area contributed by atoms with Crippen molar-refractivity contribution in [3.8, 4) is 0 Å². The minimum absolute atomic E-state index is 0.0248. The minimum atomic E-state index is -0.128. The summed E-state index contributed by atoms with van der Waals surface area (Å²) in [5, 5.41) is 0. The normalized spacial score (nSPS) is 54.9. The van der Waals surface area contributed by atoms with Gasteiger partial charge in [-0.15, -0.1) is 0 Å². The first kappa shape index (κ1) is 23.9. The average Bonchev–Trinajstić information content (AvgIpc) is 3.08. The fourth-order valence-corrected chi connectivity index (χ4v) is 11.6. The SMILES string of the molecule is CC(=O)OC1CCC2(C)C(CCC3(C)C2CCC2C4C(C)CCC4(C=O)CC[C@]23C)C1(C)C. The van der Waals surface area contributed by atoms with Gasteiger partial charge in [-0.1, -0.05) is 41.5 Å². The summed E-state index contributed by atoms with van der Waals surface area (Å²) in [6.07, 6.45) is 13.5. The third kappa shape index (κ3) is 2.92. The Morgan fingerprint density at radius 2 is 1.55 bits per heavy atom. The lowest BCUT2D eigenvalue weighted by Gasteiger charge is -2.72. The van der Waals surface area contributed by atoms with Crippen LogP contribution in [0, 0.1) is 56.7 Å². The lowest BCUT2D eigenvalue weighted by atomic mass is 9.32. The van der Waals surface area contributed by atoms with Gasteiger partial charge in [0.2, 0.25) is 0 Å². The first-order valence-corrected chi connectivity index (χ1v) is 14.0. The molecular weight excluding hydrogens is 408 g/mol. The maximum absolute atomic E-state index is 12.4. The number of carbonyl (C=O) groups is 2. The lowest BCUT2D eigenvalue weighted by Crippen LogP contribution is -2.66. The molecular formula is C30H48O3. The molecule has 0 saturated heterocycles. The molecule has 0 amide bonds. The van der Waals surface area contributed by atoms with Crippen LogP contribution in [0.5, 0.6) is 0 Å². The van der Waals surface area contributed by atoms with Crippen LogP contribution in [0.2, 0.25) is 0 Å². The zero-order valence-corrected chi connectivity index (χ0v) is 22.3. The average molecular weight is 457 g/mol. The van der Waals surface area contributed by atoms with Gasteiger partial charge in [-0.2, -0.15) is 0 Å². The zero-order chi connectivity index (χ0) is 24.0. The lowest BCUT2D eigenvalue weighted by molar-refractivity contribution is -0.248. The number of rotatable bonds is 2. The monoisotopic (exact) mass is 456 g/mol. The fourth-order valence-electron chi connectivity index (χ4n) is 11.6. The number of ether oxygens (including phenoxy) is 1. The van der Waals surface area contributed by atoms with E-state index >= 15 is 0 Å². The van der Waals surface area contributed by atoms with Crippen LogP contribution in [0.25, 0.3) is 0 Å². The number of aldehydes is 1. The molecule has 0 heterocycles. The number of hydrogen-bond acceptors (Lipinski definition) is 3. The molecule has 0 spiro atoms. The second kappa shape index (κ2) is 7.33. The largest absolute Gasteiger partial charge is 0.462 e. The van der Waals surface area contributed by atoms with Crippen LogP contribution in [0.1, 0.15) is 113 Å². The second-order valence-corrected chi connectivity index (χ2v) is 14.5. The molecule has 5 saturated carbocycles. The van der Waals surface area contributed by atoms with Crippen molar-refractivity contribution >= 4 is 12.3 Å². The summed E-state index contributed by atoms with van der Waals surface area (Å²) in [6, 6.07) is 0. The van der Waals surface area contributed by atoms with Gasteiger partial charge in [0.1, 0.15) is 12.4 Å². The van der Waals surface area contributed by atoms with Gasteiger partial charge < -0.3 is 9.53 Å². The van der Waals surface area contributed by atoms with Crippen molar-refractivity contribution in [2.75, 3.05) is 0 Å². The van der Waals surface area contributed by atoms with Crippen LogP contribution < -0.4 is 0 Å².